The van der Waals surface area contributed by atoms with Crippen LogP contribution in [0, 0.1) is 17.1 Å². The number of hydrogen-bond donors (Lipinski definition) is 1. The van der Waals surface area contributed by atoms with Crippen molar-refractivity contribution in [3.05, 3.63) is 34.6 Å². The molecule has 1 rings (SSSR count). The molecule has 0 spiro atoms. The number of hydrogen-bond acceptors (Lipinski definition) is 2. The zero-order chi connectivity index (χ0) is 9.84. The maximum Gasteiger partial charge on any atom is 0.141 e. The van der Waals surface area contributed by atoms with Gasteiger partial charge >= 0.3 is 0 Å². The van der Waals surface area contributed by atoms with E-state index in [0.717, 1.165) is 0 Å². The van der Waals surface area contributed by atoms with E-state index < -0.39 is 11.9 Å². The summed E-state index contributed by atoms with van der Waals surface area (Å²) in [4.78, 5) is 0. The maximum atomic E-state index is 12.7. The molecule has 68 valence electrons. The Morgan fingerprint density at radius 3 is 2.85 bits per heavy atom. The second-order valence-corrected chi connectivity index (χ2v) is 3.05. The Hall–Kier alpha value is -1.11. The van der Waals surface area contributed by atoms with E-state index in [1.807, 2.05) is 6.07 Å². The molecule has 0 heterocycles. The van der Waals surface area contributed by atoms with Crippen LogP contribution in [-0.4, -0.2) is 0 Å². The van der Waals surface area contributed by atoms with E-state index in [-0.39, 0.29) is 11.4 Å². The first-order valence-electron chi connectivity index (χ1n) is 3.72. The first kappa shape index (κ1) is 9.97. The molecule has 1 atom stereocenters. The van der Waals surface area contributed by atoms with Crippen LogP contribution in [-0.2, 0) is 0 Å². The quantitative estimate of drug-likeness (QED) is 0.793. The fourth-order valence-electron chi connectivity index (χ4n) is 0.959. The lowest BCUT2D eigenvalue weighted by Crippen LogP contribution is -2.09. The van der Waals surface area contributed by atoms with Gasteiger partial charge in [0.25, 0.3) is 0 Å². The molecule has 4 heteroatoms. The zero-order valence-electron chi connectivity index (χ0n) is 6.80. The van der Waals surface area contributed by atoms with Gasteiger partial charge in [-0.2, -0.15) is 5.26 Å². The van der Waals surface area contributed by atoms with Crippen molar-refractivity contribution in [2.24, 2.45) is 5.73 Å². The van der Waals surface area contributed by atoms with Crippen LogP contribution in [0.4, 0.5) is 4.39 Å². The van der Waals surface area contributed by atoms with Crippen molar-refractivity contribution in [3.8, 4) is 6.07 Å². The van der Waals surface area contributed by atoms with E-state index in [9.17, 15) is 4.39 Å². The van der Waals surface area contributed by atoms with Crippen LogP contribution < -0.4 is 5.73 Å². The molecule has 0 aliphatic heterocycles. The Labute approximate surface area is 80.7 Å². The number of nitriles is 1. The minimum absolute atomic E-state index is 0.0332. The van der Waals surface area contributed by atoms with E-state index in [0.29, 0.717) is 5.56 Å². The second kappa shape index (κ2) is 4.22. The molecule has 2 nitrogen and oxygen atoms in total. The summed E-state index contributed by atoms with van der Waals surface area (Å²) in [5, 5.41) is 8.42. The molecule has 0 aromatic heterocycles. The van der Waals surface area contributed by atoms with Gasteiger partial charge in [0.1, 0.15) is 5.82 Å². The lowest BCUT2D eigenvalue weighted by Gasteiger charge is -2.07. The molecule has 1 aromatic carbocycles. The predicted molar refractivity (Wildman–Crippen MR) is 48.6 cm³/mol. The lowest BCUT2D eigenvalue weighted by atomic mass is 10.1. The molecule has 0 aliphatic carbocycles. The summed E-state index contributed by atoms with van der Waals surface area (Å²) >= 11 is 5.54. The van der Waals surface area contributed by atoms with Crippen molar-refractivity contribution in [2.45, 2.75) is 12.5 Å². The second-order valence-electron chi connectivity index (χ2n) is 2.64. The molecule has 13 heavy (non-hydrogen) atoms. The van der Waals surface area contributed by atoms with Crippen molar-refractivity contribution < 1.29 is 4.39 Å². The third-order valence-corrected chi connectivity index (χ3v) is 1.97. The lowest BCUT2D eigenvalue weighted by molar-refractivity contribution is 0.625. The summed E-state index contributed by atoms with van der Waals surface area (Å²) in [6.45, 7) is 0. The van der Waals surface area contributed by atoms with Crippen molar-refractivity contribution in [1.82, 2.24) is 0 Å². The van der Waals surface area contributed by atoms with Gasteiger partial charge in [-0.15, -0.1) is 0 Å². The number of nitrogens with two attached hydrogens (primary N) is 1. The monoisotopic (exact) mass is 198 g/mol. The highest BCUT2D eigenvalue weighted by Crippen LogP contribution is 2.20. The zero-order valence-corrected chi connectivity index (χ0v) is 7.55. The molecule has 0 radical (unpaired) electrons. The Kier molecular flexibility index (Phi) is 3.24. The fraction of sp³-hybridized carbons (Fsp3) is 0.222. The molecule has 0 fully saturated rings. The summed E-state index contributed by atoms with van der Waals surface area (Å²) in [5.41, 5.74) is 6.29. The summed E-state index contributed by atoms with van der Waals surface area (Å²) in [7, 11) is 0. The number of nitrogens with zero attached hydrogens (tertiary/aromatic N) is 1. The largest absolute Gasteiger partial charge is 0.323 e. The third kappa shape index (κ3) is 2.41. The summed E-state index contributed by atoms with van der Waals surface area (Å²) in [6, 6.07) is 5.76. The van der Waals surface area contributed by atoms with E-state index in [4.69, 9.17) is 22.6 Å². The number of halogens is 2. The SMILES string of the molecule is N#CC[C@@H](N)c1ccc(F)c(Cl)c1. The van der Waals surface area contributed by atoms with Crippen molar-refractivity contribution in [3.63, 3.8) is 0 Å². The summed E-state index contributed by atoms with van der Waals surface area (Å²) in [6.07, 6.45) is 0.196. The predicted octanol–water partition coefficient (Wildman–Crippen LogP) is 2.39. The first-order chi connectivity index (χ1) is 6.15. The first-order valence-corrected chi connectivity index (χ1v) is 4.10. The van der Waals surface area contributed by atoms with E-state index >= 15 is 0 Å². The highest BCUT2D eigenvalue weighted by molar-refractivity contribution is 6.30. The molecule has 0 amide bonds. The van der Waals surface area contributed by atoms with Crippen molar-refractivity contribution >= 4 is 11.6 Å². The van der Waals surface area contributed by atoms with Gasteiger partial charge in [0, 0.05) is 6.04 Å². The highest BCUT2D eigenvalue weighted by Gasteiger charge is 2.07. The molecule has 0 saturated carbocycles. The minimum atomic E-state index is -0.477. The van der Waals surface area contributed by atoms with Crippen molar-refractivity contribution in [1.29, 1.82) is 5.26 Å². The average molecular weight is 199 g/mol. The Morgan fingerprint density at radius 1 is 1.62 bits per heavy atom. The topological polar surface area (TPSA) is 49.8 Å². The van der Waals surface area contributed by atoms with Gasteiger partial charge in [-0.1, -0.05) is 17.7 Å². The van der Waals surface area contributed by atoms with Gasteiger partial charge < -0.3 is 5.73 Å². The molecule has 0 unspecified atom stereocenters. The number of benzene rings is 1. The van der Waals surface area contributed by atoms with Crippen LogP contribution in [0.3, 0.4) is 0 Å². The Balaban J connectivity index is 2.91. The van der Waals surface area contributed by atoms with Crippen LogP contribution in [0.25, 0.3) is 0 Å². The molecule has 1 aromatic rings. The van der Waals surface area contributed by atoms with E-state index in [2.05, 4.69) is 0 Å². The molecular formula is C9H8ClFN2. The minimum Gasteiger partial charge on any atom is -0.323 e. The normalized spacial score (nSPS) is 12.2. The van der Waals surface area contributed by atoms with Crippen LogP contribution in [0.15, 0.2) is 18.2 Å². The van der Waals surface area contributed by atoms with Gasteiger partial charge in [0.2, 0.25) is 0 Å². The summed E-state index contributed by atoms with van der Waals surface area (Å²) in [5.74, 6) is -0.477. The van der Waals surface area contributed by atoms with Crippen molar-refractivity contribution in [2.75, 3.05) is 0 Å². The molecule has 2 N–H and O–H groups in total. The van der Waals surface area contributed by atoms with Crippen LogP contribution >= 0.6 is 11.6 Å². The van der Waals surface area contributed by atoms with Crippen LogP contribution in [0.1, 0.15) is 18.0 Å². The van der Waals surface area contributed by atoms with Crippen LogP contribution in [0.5, 0.6) is 0 Å². The van der Waals surface area contributed by atoms with Gasteiger partial charge in [-0.3, -0.25) is 0 Å². The molecule has 0 bridgehead atoms. The summed E-state index contributed by atoms with van der Waals surface area (Å²) < 4.78 is 12.7. The number of rotatable bonds is 2. The average Bonchev–Trinajstić information content (AvgIpc) is 2.10. The van der Waals surface area contributed by atoms with Crippen LogP contribution in [0.2, 0.25) is 5.02 Å². The molecule has 0 saturated heterocycles. The molecular weight excluding hydrogens is 191 g/mol. The van der Waals surface area contributed by atoms with E-state index in [1.165, 1.54) is 18.2 Å². The van der Waals surface area contributed by atoms with E-state index in [1.54, 1.807) is 0 Å². The Morgan fingerprint density at radius 2 is 2.31 bits per heavy atom. The highest BCUT2D eigenvalue weighted by atomic mass is 35.5. The Bertz CT molecular complexity index is 346. The van der Waals surface area contributed by atoms with Gasteiger partial charge in [0.05, 0.1) is 17.5 Å². The van der Waals surface area contributed by atoms with Gasteiger partial charge in [-0.25, -0.2) is 4.39 Å². The fourth-order valence-corrected chi connectivity index (χ4v) is 1.15. The smallest absolute Gasteiger partial charge is 0.141 e. The standard InChI is InChI=1S/C9H8ClFN2/c10-7-5-6(1-2-8(7)11)9(13)3-4-12/h1-2,5,9H,3,13H2/t9-/m1/s1. The van der Waals surface area contributed by atoms with Gasteiger partial charge in [0.15, 0.2) is 0 Å². The third-order valence-electron chi connectivity index (χ3n) is 1.68. The maximum absolute atomic E-state index is 12.7. The van der Waals surface area contributed by atoms with Gasteiger partial charge in [-0.05, 0) is 17.7 Å². The molecule has 0 aliphatic rings.